The number of carbonyl (C=O) groups is 2. The largest absolute Gasteiger partial charge is 0.348 e. The highest BCUT2D eigenvalue weighted by molar-refractivity contribution is 8.00. The molecule has 30 heavy (non-hydrogen) atoms. The monoisotopic (exact) mass is 436 g/mol. The summed E-state index contributed by atoms with van der Waals surface area (Å²) in [5, 5.41) is 3.62. The van der Waals surface area contributed by atoms with Gasteiger partial charge in [-0.25, -0.2) is 0 Å². The van der Waals surface area contributed by atoms with Gasteiger partial charge in [0, 0.05) is 22.0 Å². The molecule has 3 aromatic carbocycles. The van der Waals surface area contributed by atoms with Gasteiger partial charge < -0.3 is 10.2 Å². The van der Waals surface area contributed by atoms with Crippen molar-refractivity contribution in [3.05, 3.63) is 94.0 Å². The van der Waals surface area contributed by atoms with Crippen molar-refractivity contribution in [2.45, 2.75) is 24.9 Å². The van der Waals surface area contributed by atoms with Crippen LogP contribution in [0.15, 0.2) is 71.6 Å². The Balaban J connectivity index is 1.53. The van der Waals surface area contributed by atoms with Crippen LogP contribution in [0.3, 0.4) is 0 Å². The number of carbonyl (C=O) groups excluding carboxylic acids is 2. The third kappa shape index (κ3) is 4.69. The van der Waals surface area contributed by atoms with Crippen molar-refractivity contribution < 1.29 is 9.59 Å². The molecule has 1 N–H and O–H groups in total. The molecule has 2 amide bonds. The van der Waals surface area contributed by atoms with Crippen LogP contribution < -0.4 is 10.2 Å². The maximum absolute atomic E-state index is 12.7. The highest BCUT2D eigenvalue weighted by Crippen LogP contribution is 2.37. The molecule has 0 saturated carbocycles. The van der Waals surface area contributed by atoms with Gasteiger partial charge in [0.2, 0.25) is 5.91 Å². The lowest BCUT2D eigenvalue weighted by Gasteiger charge is -2.29. The number of benzene rings is 3. The zero-order valence-electron chi connectivity index (χ0n) is 16.5. The molecule has 0 spiro atoms. The SMILES string of the molecule is Cc1ccc(CNC(=O)c2ccc3c(c2)N(Cc2ccc(Cl)cc2)C(=O)CS3)cc1. The van der Waals surface area contributed by atoms with E-state index < -0.39 is 0 Å². The lowest BCUT2D eigenvalue weighted by atomic mass is 10.1. The average molecular weight is 437 g/mol. The maximum Gasteiger partial charge on any atom is 0.251 e. The fourth-order valence-corrected chi connectivity index (χ4v) is 4.32. The molecule has 4 nitrogen and oxygen atoms in total. The van der Waals surface area contributed by atoms with E-state index in [-0.39, 0.29) is 11.8 Å². The summed E-state index contributed by atoms with van der Waals surface area (Å²) in [7, 11) is 0. The Hall–Kier alpha value is -2.76. The summed E-state index contributed by atoms with van der Waals surface area (Å²) in [5.41, 5.74) is 4.52. The van der Waals surface area contributed by atoms with Crippen molar-refractivity contribution in [2.24, 2.45) is 0 Å². The number of aryl methyl sites for hydroxylation is 1. The number of hydrogen-bond acceptors (Lipinski definition) is 3. The Bertz CT molecular complexity index is 1080. The van der Waals surface area contributed by atoms with Gasteiger partial charge in [0.15, 0.2) is 0 Å². The van der Waals surface area contributed by atoms with E-state index in [1.165, 1.54) is 17.3 Å². The topological polar surface area (TPSA) is 49.4 Å². The van der Waals surface area contributed by atoms with Crippen LogP contribution in [0.4, 0.5) is 5.69 Å². The number of rotatable bonds is 5. The maximum atomic E-state index is 12.7. The summed E-state index contributed by atoms with van der Waals surface area (Å²) in [6.45, 7) is 2.93. The molecule has 0 aromatic heterocycles. The quantitative estimate of drug-likeness (QED) is 0.596. The number of amides is 2. The van der Waals surface area contributed by atoms with Gasteiger partial charge in [0.25, 0.3) is 5.91 Å². The minimum atomic E-state index is -0.159. The second-order valence-electron chi connectivity index (χ2n) is 7.25. The third-order valence-electron chi connectivity index (χ3n) is 4.99. The van der Waals surface area contributed by atoms with Crippen molar-refractivity contribution in [1.29, 1.82) is 0 Å². The zero-order chi connectivity index (χ0) is 21.1. The van der Waals surface area contributed by atoms with E-state index in [9.17, 15) is 9.59 Å². The van der Waals surface area contributed by atoms with Crippen LogP contribution >= 0.6 is 23.4 Å². The highest BCUT2D eigenvalue weighted by Gasteiger charge is 2.26. The number of nitrogens with one attached hydrogen (secondary N) is 1. The minimum Gasteiger partial charge on any atom is -0.348 e. The van der Waals surface area contributed by atoms with Gasteiger partial charge in [-0.2, -0.15) is 0 Å². The molecular formula is C24H21ClN2O2S. The minimum absolute atomic E-state index is 0.0275. The van der Waals surface area contributed by atoms with E-state index in [0.717, 1.165) is 21.7 Å². The van der Waals surface area contributed by atoms with Crippen LogP contribution in [0.2, 0.25) is 5.02 Å². The van der Waals surface area contributed by atoms with Gasteiger partial charge in [-0.05, 0) is 48.4 Å². The summed E-state index contributed by atoms with van der Waals surface area (Å²) in [6.07, 6.45) is 0. The van der Waals surface area contributed by atoms with Gasteiger partial charge in [0.05, 0.1) is 18.0 Å². The molecule has 0 radical (unpaired) electrons. The molecule has 6 heteroatoms. The van der Waals surface area contributed by atoms with Crippen LogP contribution in [-0.4, -0.2) is 17.6 Å². The molecule has 0 unspecified atom stereocenters. The number of halogens is 1. The van der Waals surface area contributed by atoms with E-state index in [0.29, 0.717) is 29.4 Å². The summed E-state index contributed by atoms with van der Waals surface area (Å²) in [4.78, 5) is 28.1. The van der Waals surface area contributed by atoms with Gasteiger partial charge in [-0.3, -0.25) is 9.59 Å². The summed E-state index contributed by atoms with van der Waals surface area (Å²) in [5.74, 6) is 0.257. The van der Waals surface area contributed by atoms with Gasteiger partial charge in [-0.1, -0.05) is 53.6 Å². The first-order valence-electron chi connectivity index (χ1n) is 9.65. The molecule has 0 fully saturated rings. The second-order valence-corrected chi connectivity index (χ2v) is 8.70. The third-order valence-corrected chi connectivity index (χ3v) is 6.29. The van der Waals surface area contributed by atoms with Crippen molar-refractivity contribution in [2.75, 3.05) is 10.7 Å². The predicted octanol–water partition coefficient (Wildman–Crippen LogP) is 5.22. The number of nitrogens with zero attached hydrogens (tertiary/aromatic N) is 1. The number of hydrogen-bond donors (Lipinski definition) is 1. The van der Waals surface area contributed by atoms with Crippen LogP contribution in [0.1, 0.15) is 27.0 Å². The normalized spacial score (nSPS) is 13.1. The molecule has 152 valence electrons. The fraction of sp³-hybridized carbons (Fsp3) is 0.167. The molecule has 0 aliphatic carbocycles. The Morgan fingerprint density at radius 3 is 2.47 bits per heavy atom. The van der Waals surface area contributed by atoms with Gasteiger partial charge in [-0.15, -0.1) is 11.8 Å². The standard InChI is InChI=1S/C24H21ClN2O2S/c1-16-2-4-17(5-3-16)13-26-24(29)19-8-11-22-21(12-19)27(23(28)15-30-22)14-18-6-9-20(25)10-7-18/h2-12H,13-15H2,1H3,(H,26,29). The number of fused-ring (bicyclic) bond motifs is 1. The Labute approximate surface area is 185 Å². The zero-order valence-corrected chi connectivity index (χ0v) is 18.1. The molecule has 4 rings (SSSR count). The lowest BCUT2D eigenvalue weighted by molar-refractivity contribution is -0.116. The molecule has 1 heterocycles. The molecule has 1 aliphatic heterocycles. The van der Waals surface area contributed by atoms with Crippen LogP contribution in [0.5, 0.6) is 0 Å². The first kappa shape index (κ1) is 20.5. The second kappa shape index (κ2) is 8.94. The molecule has 0 saturated heterocycles. The summed E-state index contributed by atoms with van der Waals surface area (Å²) >= 11 is 7.47. The van der Waals surface area contributed by atoms with Crippen LogP contribution in [-0.2, 0) is 17.9 Å². The van der Waals surface area contributed by atoms with Gasteiger partial charge >= 0.3 is 0 Å². The van der Waals surface area contributed by atoms with Crippen molar-refractivity contribution in [1.82, 2.24) is 5.32 Å². The van der Waals surface area contributed by atoms with Crippen molar-refractivity contribution >= 4 is 40.9 Å². The van der Waals surface area contributed by atoms with E-state index in [2.05, 4.69) is 5.32 Å². The number of anilines is 1. The Morgan fingerprint density at radius 1 is 1.03 bits per heavy atom. The van der Waals surface area contributed by atoms with E-state index in [1.807, 2.05) is 67.6 Å². The number of thioether (sulfide) groups is 1. The molecule has 0 atom stereocenters. The smallest absolute Gasteiger partial charge is 0.251 e. The highest BCUT2D eigenvalue weighted by atomic mass is 35.5. The fourth-order valence-electron chi connectivity index (χ4n) is 3.28. The molecule has 3 aromatic rings. The first-order chi connectivity index (χ1) is 14.5. The van der Waals surface area contributed by atoms with Crippen LogP contribution in [0, 0.1) is 6.92 Å². The van der Waals surface area contributed by atoms with Crippen molar-refractivity contribution in [3.8, 4) is 0 Å². The molecule has 0 bridgehead atoms. The first-order valence-corrected chi connectivity index (χ1v) is 11.0. The van der Waals surface area contributed by atoms with Crippen molar-refractivity contribution in [3.63, 3.8) is 0 Å². The van der Waals surface area contributed by atoms with E-state index >= 15 is 0 Å². The Morgan fingerprint density at radius 2 is 1.73 bits per heavy atom. The average Bonchev–Trinajstić information content (AvgIpc) is 2.76. The summed E-state index contributed by atoms with van der Waals surface area (Å²) < 4.78 is 0. The lowest BCUT2D eigenvalue weighted by Crippen LogP contribution is -2.35. The predicted molar refractivity (Wildman–Crippen MR) is 122 cm³/mol. The Kier molecular flexibility index (Phi) is 6.11. The summed E-state index contributed by atoms with van der Waals surface area (Å²) in [6, 6.07) is 21.1. The molecule has 1 aliphatic rings. The van der Waals surface area contributed by atoms with E-state index in [1.54, 1.807) is 11.0 Å². The molecular weight excluding hydrogens is 416 g/mol. The van der Waals surface area contributed by atoms with Crippen LogP contribution in [0.25, 0.3) is 0 Å². The van der Waals surface area contributed by atoms with E-state index in [4.69, 9.17) is 11.6 Å². The van der Waals surface area contributed by atoms with Gasteiger partial charge in [0.1, 0.15) is 0 Å².